The normalized spacial score (nSPS) is 13.0. The van der Waals surface area contributed by atoms with Crippen molar-refractivity contribution in [3.8, 4) is 0 Å². The number of hydrogen-bond acceptors (Lipinski definition) is 3. The summed E-state index contributed by atoms with van der Waals surface area (Å²) in [6, 6.07) is 4.67. The van der Waals surface area contributed by atoms with Crippen LogP contribution in [0.15, 0.2) is 25.8 Å². The molecule has 0 aliphatic rings. The number of aryl methyl sites for hydroxylation is 1. The predicted octanol–water partition coefficient (Wildman–Crippen LogP) is 4.95. The van der Waals surface area contributed by atoms with Gasteiger partial charge in [0.05, 0.1) is 9.83 Å². The highest BCUT2D eigenvalue weighted by atomic mass is 79.9. The Morgan fingerprint density at radius 2 is 2.06 bits per heavy atom. The van der Waals surface area contributed by atoms with E-state index in [4.69, 9.17) is 0 Å². The van der Waals surface area contributed by atoms with E-state index in [1.54, 1.807) is 11.3 Å². The molecule has 0 spiro atoms. The summed E-state index contributed by atoms with van der Waals surface area (Å²) in [4.78, 5) is 2.67. The molecule has 0 radical (unpaired) electrons. The second-order valence-corrected chi connectivity index (χ2v) is 7.89. The second-order valence-electron chi connectivity index (χ2n) is 3.46. The van der Waals surface area contributed by atoms with Crippen molar-refractivity contribution in [1.82, 2.24) is 5.32 Å². The minimum atomic E-state index is 0.289. The van der Waals surface area contributed by atoms with Gasteiger partial charge in [-0.3, -0.25) is 0 Å². The summed E-state index contributed by atoms with van der Waals surface area (Å²) in [5.41, 5.74) is 1.31. The van der Waals surface area contributed by atoms with E-state index in [1.165, 1.54) is 23.6 Å². The molecule has 5 heteroatoms. The molecule has 16 heavy (non-hydrogen) atoms. The highest BCUT2D eigenvalue weighted by Gasteiger charge is 2.16. The van der Waals surface area contributed by atoms with Crippen molar-refractivity contribution >= 4 is 54.5 Å². The van der Waals surface area contributed by atoms with Gasteiger partial charge in [-0.15, -0.1) is 22.7 Å². The zero-order valence-electron chi connectivity index (χ0n) is 8.88. The van der Waals surface area contributed by atoms with E-state index in [2.05, 4.69) is 61.6 Å². The predicted molar refractivity (Wildman–Crippen MR) is 79.7 cm³/mol. The average Bonchev–Trinajstić information content (AvgIpc) is 2.77. The Hall–Kier alpha value is 0.320. The fourth-order valence-electron chi connectivity index (χ4n) is 1.57. The van der Waals surface area contributed by atoms with Crippen molar-refractivity contribution in [1.29, 1.82) is 0 Å². The molecule has 0 bridgehead atoms. The molecule has 0 aliphatic carbocycles. The lowest BCUT2D eigenvalue weighted by atomic mass is 10.1. The van der Waals surface area contributed by atoms with Gasteiger partial charge in [0.25, 0.3) is 0 Å². The Morgan fingerprint density at radius 1 is 1.31 bits per heavy atom. The van der Waals surface area contributed by atoms with Gasteiger partial charge in [0.2, 0.25) is 0 Å². The van der Waals surface area contributed by atoms with Crippen LogP contribution in [0.1, 0.15) is 21.4 Å². The van der Waals surface area contributed by atoms with Crippen LogP contribution in [-0.2, 0) is 0 Å². The van der Waals surface area contributed by atoms with Gasteiger partial charge in [0, 0.05) is 14.2 Å². The number of nitrogens with one attached hydrogen (secondary N) is 1. The zero-order valence-corrected chi connectivity index (χ0v) is 13.7. The molecule has 86 valence electrons. The molecule has 0 fully saturated rings. The van der Waals surface area contributed by atoms with Crippen LogP contribution in [0.25, 0.3) is 0 Å². The Bertz CT molecular complexity index is 470. The first-order chi connectivity index (χ1) is 7.61. The maximum atomic E-state index is 3.57. The van der Waals surface area contributed by atoms with Gasteiger partial charge < -0.3 is 5.32 Å². The van der Waals surface area contributed by atoms with Crippen LogP contribution in [0.2, 0.25) is 0 Å². The second kappa shape index (κ2) is 5.31. The standard InChI is InChI=1S/C11H11Br2NS2/c1-6-8(12)4-9(16-6)11(14-2)7-3-10(13)15-5-7/h3-5,11,14H,1-2H3. The van der Waals surface area contributed by atoms with Gasteiger partial charge in [-0.1, -0.05) is 0 Å². The van der Waals surface area contributed by atoms with Crippen LogP contribution in [0.3, 0.4) is 0 Å². The van der Waals surface area contributed by atoms with E-state index < -0.39 is 0 Å². The maximum Gasteiger partial charge on any atom is 0.0701 e. The molecular weight excluding hydrogens is 370 g/mol. The van der Waals surface area contributed by atoms with E-state index in [0.717, 1.165) is 0 Å². The molecule has 0 saturated carbocycles. The molecule has 1 N–H and O–H groups in total. The molecule has 2 aromatic heterocycles. The molecule has 0 amide bonds. The lowest BCUT2D eigenvalue weighted by Gasteiger charge is -2.12. The summed E-state index contributed by atoms with van der Waals surface area (Å²) in [6.45, 7) is 2.13. The van der Waals surface area contributed by atoms with Crippen LogP contribution >= 0.6 is 54.5 Å². The SMILES string of the molecule is CNC(c1csc(Br)c1)c1cc(Br)c(C)s1. The van der Waals surface area contributed by atoms with Gasteiger partial charge in [-0.2, -0.15) is 0 Å². The van der Waals surface area contributed by atoms with Crippen LogP contribution in [0.4, 0.5) is 0 Å². The van der Waals surface area contributed by atoms with E-state index in [-0.39, 0.29) is 6.04 Å². The van der Waals surface area contributed by atoms with Crippen molar-refractivity contribution < 1.29 is 0 Å². The highest BCUT2D eigenvalue weighted by Crippen LogP contribution is 2.35. The number of halogens is 2. The quantitative estimate of drug-likeness (QED) is 0.793. The first-order valence-corrected chi connectivity index (χ1v) is 8.07. The van der Waals surface area contributed by atoms with Crippen LogP contribution < -0.4 is 5.32 Å². The fraction of sp³-hybridized carbons (Fsp3) is 0.273. The minimum absolute atomic E-state index is 0.289. The lowest BCUT2D eigenvalue weighted by Crippen LogP contribution is -2.15. The first-order valence-electron chi connectivity index (χ1n) is 4.79. The third-order valence-electron chi connectivity index (χ3n) is 2.37. The molecule has 0 aliphatic heterocycles. The Labute approximate surface area is 120 Å². The summed E-state index contributed by atoms with van der Waals surface area (Å²) in [7, 11) is 2.00. The van der Waals surface area contributed by atoms with Crippen molar-refractivity contribution in [3.05, 3.63) is 41.1 Å². The van der Waals surface area contributed by atoms with Crippen molar-refractivity contribution in [2.75, 3.05) is 7.05 Å². The summed E-state index contributed by atoms with van der Waals surface area (Å²) in [5, 5.41) is 5.55. The van der Waals surface area contributed by atoms with Crippen molar-refractivity contribution in [2.24, 2.45) is 0 Å². The molecule has 0 aromatic carbocycles. The van der Waals surface area contributed by atoms with E-state index in [9.17, 15) is 0 Å². The average molecular weight is 381 g/mol. The van der Waals surface area contributed by atoms with Crippen molar-refractivity contribution in [3.63, 3.8) is 0 Å². The molecule has 2 heterocycles. The van der Waals surface area contributed by atoms with Crippen LogP contribution in [-0.4, -0.2) is 7.05 Å². The zero-order chi connectivity index (χ0) is 11.7. The van der Waals surface area contributed by atoms with Gasteiger partial charge >= 0.3 is 0 Å². The molecule has 0 saturated heterocycles. The smallest absolute Gasteiger partial charge is 0.0701 e. The number of rotatable bonds is 3. The Morgan fingerprint density at radius 3 is 2.50 bits per heavy atom. The number of thiophene rings is 2. The molecule has 1 atom stereocenters. The maximum absolute atomic E-state index is 3.57. The summed E-state index contributed by atoms with van der Waals surface area (Å²) in [5.74, 6) is 0. The topological polar surface area (TPSA) is 12.0 Å². The van der Waals surface area contributed by atoms with Gasteiger partial charge in [0.15, 0.2) is 0 Å². The molecule has 2 aromatic rings. The summed E-state index contributed by atoms with van der Waals surface area (Å²) in [6.07, 6.45) is 0. The van der Waals surface area contributed by atoms with Crippen molar-refractivity contribution in [2.45, 2.75) is 13.0 Å². The Kier molecular flexibility index (Phi) is 4.24. The van der Waals surface area contributed by atoms with E-state index >= 15 is 0 Å². The molecule has 2 rings (SSSR count). The van der Waals surface area contributed by atoms with Gasteiger partial charge in [-0.05, 0) is 68.9 Å². The monoisotopic (exact) mass is 379 g/mol. The molecule has 1 nitrogen and oxygen atoms in total. The third kappa shape index (κ3) is 2.59. The van der Waals surface area contributed by atoms with E-state index in [1.807, 2.05) is 18.4 Å². The Balaban J connectivity index is 2.36. The van der Waals surface area contributed by atoms with Crippen LogP contribution in [0, 0.1) is 6.92 Å². The minimum Gasteiger partial charge on any atom is -0.309 e. The number of hydrogen-bond donors (Lipinski definition) is 1. The van der Waals surface area contributed by atoms with Gasteiger partial charge in [0.1, 0.15) is 0 Å². The van der Waals surface area contributed by atoms with Gasteiger partial charge in [-0.25, -0.2) is 0 Å². The summed E-state index contributed by atoms with van der Waals surface area (Å²) >= 11 is 10.6. The molecular formula is C11H11Br2NS2. The highest BCUT2D eigenvalue weighted by molar-refractivity contribution is 9.11. The molecule has 1 unspecified atom stereocenters. The van der Waals surface area contributed by atoms with Crippen LogP contribution in [0.5, 0.6) is 0 Å². The first kappa shape index (κ1) is 12.8. The lowest BCUT2D eigenvalue weighted by molar-refractivity contribution is 0.706. The fourth-order valence-corrected chi connectivity index (χ4v) is 4.47. The van der Waals surface area contributed by atoms with E-state index in [0.29, 0.717) is 0 Å². The largest absolute Gasteiger partial charge is 0.309 e. The summed E-state index contributed by atoms with van der Waals surface area (Å²) < 4.78 is 2.37. The third-order valence-corrected chi connectivity index (χ3v) is 6.09.